The van der Waals surface area contributed by atoms with Crippen molar-refractivity contribution in [2.24, 2.45) is 0 Å². The molecule has 0 heterocycles. The number of methoxy groups -OCH3 is 2. The average Bonchev–Trinajstić information content (AvgIpc) is 3.00. The quantitative estimate of drug-likeness (QED) is 0.103. The third-order valence-corrected chi connectivity index (χ3v) is 8.49. The summed E-state index contributed by atoms with van der Waals surface area (Å²) in [5.74, 6) is 1.52. The third kappa shape index (κ3) is 8.55. The summed E-state index contributed by atoms with van der Waals surface area (Å²) in [5.41, 5.74) is 2.12. The van der Waals surface area contributed by atoms with Gasteiger partial charge < -0.3 is 24.4 Å². The number of ether oxygens (including phenoxy) is 3. The molecule has 0 radical (unpaired) electrons. The largest absolute Gasteiger partial charge is 0.506 e. The zero-order chi connectivity index (χ0) is 31.0. The minimum Gasteiger partial charge on any atom is -0.506 e. The lowest BCUT2D eigenvalue weighted by molar-refractivity contribution is 0.0269. The highest BCUT2D eigenvalue weighted by Crippen LogP contribution is 2.32. The number of aromatic hydroxyl groups is 1. The van der Waals surface area contributed by atoms with Gasteiger partial charge in [0, 0.05) is 17.0 Å². The Morgan fingerprint density at radius 2 is 1.35 bits per heavy atom. The Morgan fingerprint density at radius 3 is 1.86 bits per heavy atom. The van der Waals surface area contributed by atoms with Gasteiger partial charge in [0.25, 0.3) is 10.0 Å². The summed E-state index contributed by atoms with van der Waals surface area (Å²) in [4.78, 5) is -0.0191. The fourth-order valence-electron chi connectivity index (χ4n) is 4.51. The topological polar surface area (TPSA) is 126 Å². The Balaban J connectivity index is 1.47. The SMILES string of the molecule is COc1ccc(C(CCNC(Oc2ccc(O)c(NS(=O)(=O)c3ccc(Cl)cc3)c2)C(C)O)c2ccc(OC)cc2)cc1. The fourth-order valence-corrected chi connectivity index (χ4v) is 5.70. The molecule has 0 saturated heterocycles. The maximum atomic E-state index is 12.8. The van der Waals surface area contributed by atoms with Crippen LogP contribution in [0.15, 0.2) is 95.9 Å². The predicted molar refractivity (Wildman–Crippen MR) is 167 cm³/mol. The molecule has 0 amide bonds. The van der Waals surface area contributed by atoms with Gasteiger partial charge in [-0.1, -0.05) is 35.9 Å². The van der Waals surface area contributed by atoms with Crippen LogP contribution in [0.25, 0.3) is 0 Å². The van der Waals surface area contributed by atoms with Crippen LogP contribution in [0, 0.1) is 0 Å². The number of phenolic OH excluding ortho intramolecular Hbond substituents is 1. The molecule has 4 aromatic carbocycles. The number of hydrogen-bond acceptors (Lipinski definition) is 8. The summed E-state index contributed by atoms with van der Waals surface area (Å²) in [6, 6.07) is 25.6. The highest BCUT2D eigenvalue weighted by Gasteiger charge is 2.21. The Bertz CT molecular complexity index is 1530. The summed E-state index contributed by atoms with van der Waals surface area (Å²) in [6.07, 6.45) is -1.06. The smallest absolute Gasteiger partial charge is 0.262 e. The van der Waals surface area contributed by atoms with Crippen molar-refractivity contribution in [2.45, 2.75) is 36.5 Å². The minimum absolute atomic E-state index is 0.0191. The van der Waals surface area contributed by atoms with Crippen LogP contribution in [0.4, 0.5) is 5.69 Å². The molecule has 0 saturated carbocycles. The number of rotatable bonds is 14. The van der Waals surface area contributed by atoms with Gasteiger partial charge in [-0.25, -0.2) is 8.42 Å². The number of halogens is 1. The second-order valence-corrected chi connectivity index (χ2v) is 12.0. The van der Waals surface area contributed by atoms with E-state index in [2.05, 4.69) is 10.0 Å². The van der Waals surface area contributed by atoms with Crippen molar-refractivity contribution in [3.8, 4) is 23.0 Å². The zero-order valence-corrected chi connectivity index (χ0v) is 25.6. The van der Waals surface area contributed by atoms with E-state index in [0.29, 0.717) is 18.0 Å². The first-order chi connectivity index (χ1) is 20.6. The number of hydrogen-bond donors (Lipinski definition) is 4. The molecule has 0 aliphatic carbocycles. The molecule has 0 aromatic heterocycles. The van der Waals surface area contributed by atoms with Crippen LogP contribution in [0.3, 0.4) is 0 Å². The monoisotopic (exact) mass is 626 g/mol. The summed E-state index contributed by atoms with van der Waals surface area (Å²) in [6.45, 7) is 2.07. The average molecular weight is 627 g/mol. The lowest BCUT2D eigenvalue weighted by Crippen LogP contribution is -2.43. The number of aliphatic hydroxyl groups is 1. The van der Waals surface area contributed by atoms with E-state index in [9.17, 15) is 18.6 Å². The van der Waals surface area contributed by atoms with E-state index >= 15 is 0 Å². The third-order valence-electron chi connectivity index (χ3n) is 6.85. The Labute approximate surface area is 257 Å². The number of benzene rings is 4. The Kier molecular flexibility index (Phi) is 10.8. The number of aliphatic hydroxyl groups excluding tert-OH is 1. The summed E-state index contributed by atoms with van der Waals surface area (Å²) >= 11 is 5.87. The number of anilines is 1. The van der Waals surface area contributed by atoms with Crippen LogP contribution in [0.5, 0.6) is 23.0 Å². The van der Waals surface area contributed by atoms with Crippen LogP contribution < -0.4 is 24.2 Å². The summed E-state index contributed by atoms with van der Waals surface area (Å²) < 4.78 is 44.7. The molecular formula is C32H35ClN2O7S. The van der Waals surface area contributed by atoms with Crippen molar-refractivity contribution in [3.05, 3.63) is 107 Å². The first kappa shape index (κ1) is 32.0. The number of sulfonamides is 1. The van der Waals surface area contributed by atoms with Gasteiger partial charge in [0.15, 0.2) is 6.23 Å². The van der Waals surface area contributed by atoms with Gasteiger partial charge in [-0.05, 0) is 91.7 Å². The molecule has 0 aliphatic rings. The van der Waals surface area contributed by atoms with Gasteiger partial charge in [-0.15, -0.1) is 0 Å². The van der Waals surface area contributed by atoms with E-state index < -0.39 is 22.4 Å². The lowest BCUT2D eigenvalue weighted by atomic mass is 9.88. The first-order valence-electron chi connectivity index (χ1n) is 13.6. The first-order valence-corrected chi connectivity index (χ1v) is 15.4. The molecule has 2 unspecified atom stereocenters. The van der Waals surface area contributed by atoms with E-state index in [0.717, 1.165) is 22.6 Å². The summed E-state index contributed by atoms with van der Waals surface area (Å²) in [5, 5.41) is 24.5. The molecule has 2 atom stereocenters. The van der Waals surface area contributed by atoms with Crippen molar-refractivity contribution >= 4 is 27.3 Å². The number of phenols is 1. The van der Waals surface area contributed by atoms with Crippen molar-refractivity contribution in [1.29, 1.82) is 0 Å². The molecule has 11 heteroatoms. The van der Waals surface area contributed by atoms with Crippen LogP contribution in [-0.2, 0) is 10.0 Å². The van der Waals surface area contributed by atoms with Crippen molar-refractivity contribution in [3.63, 3.8) is 0 Å². The van der Waals surface area contributed by atoms with Gasteiger partial charge in [0.2, 0.25) is 0 Å². The Morgan fingerprint density at radius 1 is 0.814 bits per heavy atom. The number of nitrogens with one attached hydrogen (secondary N) is 2. The molecule has 0 fully saturated rings. The molecule has 0 aliphatic heterocycles. The summed E-state index contributed by atoms with van der Waals surface area (Å²) in [7, 11) is -0.751. The molecule has 0 bridgehead atoms. The normalized spacial score (nSPS) is 12.9. The minimum atomic E-state index is -4.00. The highest BCUT2D eigenvalue weighted by atomic mass is 35.5. The molecule has 9 nitrogen and oxygen atoms in total. The van der Waals surface area contributed by atoms with E-state index in [1.54, 1.807) is 21.1 Å². The second kappa shape index (κ2) is 14.5. The molecule has 228 valence electrons. The van der Waals surface area contributed by atoms with Gasteiger partial charge in [-0.2, -0.15) is 0 Å². The van der Waals surface area contributed by atoms with Gasteiger partial charge in [-0.3, -0.25) is 10.0 Å². The molecular weight excluding hydrogens is 592 g/mol. The van der Waals surface area contributed by atoms with E-state index in [1.807, 2.05) is 48.5 Å². The van der Waals surface area contributed by atoms with E-state index in [-0.39, 0.29) is 28.0 Å². The van der Waals surface area contributed by atoms with Crippen molar-refractivity contribution in [2.75, 3.05) is 25.5 Å². The van der Waals surface area contributed by atoms with Gasteiger partial charge in [0.1, 0.15) is 29.1 Å². The lowest BCUT2D eigenvalue weighted by Gasteiger charge is -2.25. The highest BCUT2D eigenvalue weighted by molar-refractivity contribution is 7.92. The van der Waals surface area contributed by atoms with E-state index in [1.165, 1.54) is 42.5 Å². The second-order valence-electron chi connectivity index (χ2n) is 9.86. The molecule has 4 N–H and O–H groups in total. The van der Waals surface area contributed by atoms with Crippen LogP contribution in [0.2, 0.25) is 5.02 Å². The van der Waals surface area contributed by atoms with Gasteiger partial charge in [0.05, 0.1) is 24.8 Å². The Hall–Kier alpha value is -3.96. The predicted octanol–water partition coefficient (Wildman–Crippen LogP) is 5.76. The molecule has 0 spiro atoms. The standard InChI is InChI=1S/C32H35ClN2O7S/c1-21(36)32(42-27-14-17-31(37)30(20-27)35-43(38,39)28-15-8-24(33)9-16-28)34-19-18-29(22-4-10-25(40-2)11-5-22)23-6-12-26(41-3)13-7-23/h4-17,20-21,29,32,34-37H,18-19H2,1-3H3. The molecule has 4 aromatic rings. The maximum Gasteiger partial charge on any atom is 0.262 e. The van der Waals surface area contributed by atoms with Crippen molar-refractivity contribution in [1.82, 2.24) is 5.32 Å². The van der Waals surface area contributed by atoms with Crippen LogP contribution in [-0.4, -0.2) is 51.7 Å². The van der Waals surface area contributed by atoms with E-state index in [4.69, 9.17) is 25.8 Å². The zero-order valence-electron chi connectivity index (χ0n) is 24.0. The van der Waals surface area contributed by atoms with Crippen molar-refractivity contribution < 1.29 is 32.8 Å². The molecule has 4 rings (SSSR count). The maximum absolute atomic E-state index is 12.8. The fraction of sp³-hybridized carbons (Fsp3) is 0.250. The molecule has 43 heavy (non-hydrogen) atoms. The van der Waals surface area contributed by atoms with Crippen LogP contribution >= 0.6 is 11.6 Å². The van der Waals surface area contributed by atoms with Gasteiger partial charge >= 0.3 is 0 Å². The van der Waals surface area contributed by atoms with Crippen LogP contribution in [0.1, 0.15) is 30.4 Å².